The van der Waals surface area contributed by atoms with E-state index in [9.17, 15) is 13.2 Å². The van der Waals surface area contributed by atoms with Gasteiger partial charge in [0, 0.05) is 23.7 Å². The highest BCUT2D eigenvalue weighted by molar-refractivity contribution is 8.00. The topological polar surface area (TPSA) is 75.7 Å². The molecule has 31 heavy (non-hydrogen) atoms. The maximum Gasteiger partial charge on any atom is 0.243 e. The van der Waals surface area contributed by atoms with Gasteiger partial charge in [-0.1, -0.05) is 39.0 Å². The summed E-state index contributed by atoms with van der Waals surface area (Å²) in [5.74, 6) is 0.0725. The van der Waals surface area contributed by atoms with Gasteiger partial charge in [-0.05, 0) is 47.7 Å². The van der Waals surface area contributed by atoms with Gasteiger partial charge in [0.1, 0.15) is 0 Å². The number of nitrogens with zero attached hydrogens (tertiary/aromatic N) is 1. The minimum Gasteiger partial charge on any atom is -0.379 e. The summed E-state index contributed by atoms with van der Waals surface area (Å²) in [6, 6.07) is 13.1. The molecule has 0 aliphatic carbocycles. The van der Waals surface area contributed by atoms with Crippen molar-refractivity contribution in [2.75, 3.05) is 37.4 Å². The Kier molecular flexibility index (Phi) is 7.47. The van der Waals surface area contributed by atoms with Gasteiger partial charge in [-0.3, -0.25) is 4.79 Å². The van der Waals surface area contributed by atoms with Crippen LogP contribution in [0.1, 0.15) is 31.9 Å². The van der Waals surface area contributed by atoms with Crippen LogP contribution in [0.4, 0.5) is 5.69 Å². The average molecular weight is 463 g/mol. The second-order valence-electron chi connectivity index (χ2n) is 8.60. The van der Waals surface area contributed by atoms with Gasteiger partial charge in [-0.25, -0.2) is 8.42 Å². The quantitative estimate of drug-likeness (QED) is 0.656. The average Bonchev–Trinajstić information content (AvgIpc) is 2.74. The van der Waals surface area contributed by atoms with Crippen LogP contribution in [0.5, 0.6) is 0 Å². The third kappa shape index (κ3) is 6.10. The van der Waals surface area contributed by atoms with Gasteiger partial charge in [0.2, 0.25) is 15.9 Å². The molecular weight excluding hydrogens is 432 g/mol. The van der Waals surface area contributed by atoms with Gasteiger partial charge >= 0.3 is 0 Å². The molecule has 0 saturated carbocycles. The number of hydrogen-bond donors (Lipinski definition) is 1. The van der Waals surface area contributed by atoms with E-state index >= 15 is 0 Å². The Labute approximate surface area is 189 Å². The first-order chi connectivity index (χ1) is 14.6. The van der Waals surface area contributed by atoms with Crippen LogP contribution in [0.15, 0.2) is 52.3 Å². The molecule has 1 saturated heterocycles. The molecule has 8 heteroatoms. The minimum absolute atomic E-state index is 0.0880. The van der Waals surface area contributed by atoms with Crippen molar-refractivity contribution >= 4 is 33.4 Å². The molecule has 2 aromatic carbocycles. The molecule has 0 bridgehead atoms. The number of thioether (sulfide) groups is 1. The zero-order valence-electron chi connectivity index (χ0n) is 18.5. The fraction of sp³-hybridized carbons (Fsp3) is 0.435. The lowest BCUT2D eigenvalue weighted by Gasteiger charge is -2.26. The van der Waals surface area contributed by atoms with Crippen LogP contribution in [0, 0.1) is 6.92 Å². The summed E-state index contributed by atoms with van der Waals surface area (Å²) >= 11 is 1.45. The molecule has 3 rings (SSSR count). The Hall–Kier alpha value is -1.87. The molecule has 1 amide bonds. The number of carbonyl (C=O) groups excluding carboxylic acids is 1. The Morgan fingerprint density at radius 1 is 1.10 bits per heavy atom. The van der Waals surface area contributed by atoms with Gasteiger partial charge in [0.05, 0.1) is 23.9 Å². The molecular formula is C23H30N2O4S2. The van der Waals surface area contributed by atoms with Crippen LogP contribution in [0.2, 0.25) is 0 Å². The van der Waals surface area contributed by atoms with Crippen molar-refractivity contribution in [3.8, 4) is 0 Å². The molecule has 0 atom stereocenters. The van der Waals surface area contributed by atoms with Crippen LogP contribution in [-0.2, 0) is 25.0 Å². The Balaban J connectivity index is 1.65. The van der Waals surface area contributed by atoms with Crippen molar-refractivity contribution in [2.24, 2.45) is 0 Å². The molecule has 168 valence electrons. The first-order valence-corrected chi connectivity index (χ1v) is 12.7. The van der Waals surface area contributed by atoms with E-state index in [1.54, 1.807) is 18.2 Å². The fourth-order valence-corrected chi connectivity index (χ4v) is 5.35. The van der Waals surface area contributed by atoms with Gasteiger partial charge < -0.3 is 10.1 Å². The number of nitrogens with one attached hydrogen (secondary N) is 1. The smallest absolute Gasteiger partial charge is 0.243 e. The maximum atomic E-state index is 12.9. The summed E-state index contributed by atoms with van der Waals surface area (Å²) in [7, 11) is -3.61. The van der Waals surface area contributed by atoms with E-state index in [1.165, 1.54) is 21.6 Å². The number of sulfonamides is 1. The lowest BCUT2D eigenvalue weighted by atomic mass is 9.87. The fourth-order valence-electron chi connectivity index (χ4n) is 3.22. The molecule has 0 unspecified atom stereocenters. The first-order valence-electron chi connectivity index (χ1n) is 10.3. The monoisotopic (exact) mass is 462 g/mol. The van der Waals surface area contributed by atoms with Crippen molar-refractivity contribution < 1.29 is 17.9 Å². The molecule has 0 spiro atoms. The number of aryl methyl sites for hydroxylation is 1. The molecule has 6 nitrogen and oxygen atoms in total. The number of rotatable bonds is 6. The lowest BCUT2D eigenvalue weighted by molar-refractivity contribution is -0.113. The molecule has 2 aromatic rings. The Morgan fingerprint density at radius 3 is 2.35 bits per heavy atom. The third-order valence-corrected chi connectivity index (χ3v) is 8.09. The number of ether oxygens (including phenoxy) is 1. The van der Waals surface area contributed by atoms with E-state index in [0.29, 0.717) is 32.0 Å². The van der Waals surface area contributed by atoms with Gasteiger partial charge in [0.25, 0.3) is 0 Å². The predicted molar refractivity (Wildman–Crippen MR) is 125 cm³/mol. The second-order valence-corrected chi connectivity index (χ2v) is 11.6. The third-order valence-electron chi connectivity index (χ3n) is 5.18. The highest BCUT2D eigenvalue weighted by atomic mass is 32.2. The molecule has 1 heterocycles. The molecule has 1 N–H and O–H groups in total. The van der Waals surface area contributed by atoms with Crippen molar-refractivity contribution in [1.82, 2.24) is 4.31 Å². The van der Waals surface area contributed by atoms with Crippen molar-refractivity contribution in [2.45, 2.75) is 42.9 Å². The summed E-state index contributed by atoms with van der Waals surface area (Å²) in [6.45, 7) is 9.80. The molecule has 1 aliphatic heterocycles. The number of morpholine rings is 1. The minimum atomic E-state index is -3.61. The predicted octanol–water partition coefficient (Wildman–Crippen LogP) is 4.04. The van der Waals surface area contributed by atoms with E-state index in [1.807, 2.05) is 19.1 Å². The highest BCUT2D eigenvalue weighted by Crippen LogP contribution is 2.27. The van der Waals surface area contributed by atoms with Crippen LogP contribution < -0.4 is 5.32 Å². The molecule has 1 aliphatic rings. The van der Waals surface area contributed by atoms with E-state index in [4.69, 9.17) is 4.74 Å². The van der Waals surface area contributed by atoms with Gasteiger partial charge in [-0.2, -0.15) is 4.31 Å². The summed E-state index contributed by atoms with van der Waals surface area (Å²) in [5, 5.41) is 2.86. The Bertz CT molecular complexity index is 1020. The summed E-state index contributed by atoms with van der Waals surface area (Å²) in [6.07, 6.45) is 0. The number of carbonyl (C=O) groups is 1. The number of amides is 1. The van der Waals surface area contributed by atoms with E-state index < -0.39 is 10.0 Å². The van der Waals surface area contributed by atoms with Gasteiger partial charge in [-0.15, -0.1) is 11.8 Å². The number of benzene rings is 2. The molecule has 0 radical (unpaired) electrons. The van der Waals surface area contributed by atoms with Crippen LogP contribution in [0.3, 0.4) is 0 Å². The standard InChI is InChI=1S/C23H30N2O4S2/c1-17-5-10-20(31(27,28)25-11-13-29-14-12-25)15-21(17)24-22(26)16-30-19-8-6-18(7-9-19)23(2,3)4/h5-10,15H,11-14,16H2,1-4H3,(H,24,26). The van der Waals surface area contributed by atoms with Crippen LogP contribution in [0.25, 0.3) is 0 Å². The molecule has 0 aromatic heterocycles. The van der Waals surface area contributed by atoms with Crippen molar-refractivity contribution in [1.29, 1.82) is 0 Å². The first kappa shape index (κ1) is 23.8. The summed E-state index contributed by atoms with van der Waals surface area (Å²) < 4.78 is 32.5. The zero-order valence-corrected chi connectivity index (χ0v) is 20.1. The number of anilines is 1. The van der Waals surface area contributed by atoms with Crippen molar-refractivity contribution in [3.05, 3.63) is 53.6 Å². The maximum absolute atomic E-state index is 12.9. The Morgan fingerprint density at radius 2 is 1.74 bits per heavy atom. The van der Waals surface area contributed by atoms with Crippen molar-refractivity contribution in [3.63, 3.8) is 0 Å². The number of hydrogen-bond acceptors (Lipinski definition) is 5. The summed E-state index contributed by atoms with van der Waals surface area (Å²) in [4.78, 5) is 13.7. The summed E-state index contributed by atoms with van der Waals surface area (Å²) in [5.41, 5.74) is 2.66. The SMILES string of the molecule is Cc1ccc(S(=O)(=O)N2CCOCC2)cc1NC(=O)CSc1ccc(C(C)(C)C)cc1. The lowest BCUT2D eigenvalue weighted by Crippen LogP contribution is -2.40. The van der Waals surface area contributed by atoms with E-state index in [-0.39, 0.29) is 22.0 Å². The normalized spacial score (nSPS) is 15.6. The van der Waals surface area contributed by atoms with Crippen LogP contribution in [-0.4, -0.2) is 50.7 Å². The zero-order chi connectivity index (χ0) is 22.6. The second kappa shape index (κ2) is 9.73. The van der Waals surface area contributed by atoms with E-state index in [2.05, 4.69) is 38.2 Å². The van der Waals surface area contributed by atoms with Crippen LogP contribution >= 0.6 is 11.8 Å². The molecule has 1 fully saturated rings. The highest BCUT2D eigenvalue weighted by Gasteiger charge is 2.27. The van der Waals surface area contributed by atoms with E-state index in [0.717, 1.165) is 10.5 Å². The van der Waals surface area contributed by atoms with Gasteiger partial charge in [0.15, 0.2) is 0 Å². The largest absolute Gasteiger partial charge is 0.379 e.